The molecule has 0 bridgehead atoms. The Labute approximate surface area is 181 Å². The Bertz CT molecular complexity index is 1130. The van der Waals surface area contributed by atoms with Crippen LogP contribution in [0.1, 0.15) is 27.2 Å². The van der Waals surface area contributed by atoms with E-state index < -0.39 is 0 Å². The number of amides is 1. The van der Waals surface area contributed by atoms with Gasteiger partial charge in [-0.25, -0.2) is 0 Å². The molecule has 0 unspecified atom stereocenters. The van der Waals surface area contributed by atoms with Gasteiger partial charge < -0.3 is 14.8 Å². The van der Waals surface area contributed by atoms with Gasteiger partial charge in [0.15, 0.2) is 23.9 Å². The fraction of sp³-hybridized carbons (Fsp3) is 0.208. The summed E-state index contributed by atoms with van der Waals surface area (Å²) in [5, 5.41) is 7.01. The zero-order valence-electron chi connectivity index (χ0n) is 18.0. The van der Waals surface area contributed by atoms with Crippen LogP contribution < -0.4 is 14.8 Å². The highest BCUT2D eigenvalue weighted by Crippen LogP contribution is 2.28. The average molecular weight is 419 g/mol. The maximum atomic E-state index is 12.4. The van der Waals surface area contributed by atoms with Crippen molar-refractivity contribution >= 4 is 23.5 Å². The standard InChI is InChI=1S/C24H25N3O4/c1-16-7-5-6-8-20(16)25-24(29)15-31-22-12-10-18(13-23(22)30-4)9-11-21(28)19-14-27(3)26-17(19)2/h5-14H,15H2,1-4H3,(H,25,29)/b11-9+. The normalized spacial score (nSPS) is 10.8. The summed E-state index contributed by atoms with van der Waals surface area (Å²) in [6.07, 6.45) is 4.89. The topological polar surface area (TPSA) is 82.5 Å². The fourth-order valence-corrected chi connectivity index (χ4v) is 3.05. The summed E-state index contributed by atoms with van der Waals surface area (Å²) in [5.41, 5.74) is 3.73. The van der Waals surface area contributed by atoms with Crippen molar-refractivity contribution in [2.45, 2.75) is 13.8 Å². The number of rotatable bonds is 8. The van der Waals surface area contributed by atoms with Crippen molar-refractivity contribution in [3.63, 3.8) is 0 Å². The number of ether oxygens (including phenoxy) is 2. The molecule has 7 nitrogen and oxygen atoms in total. The number of nitrogens with one attached hydrogen (secondary N) is 1. The molecule has 0 saturated heterocycles. The third kappa shape index (κ3) is 5.60. The Morgan fingerprint density at radius 3 is 2.58 bits per heavy atom. The van der Waals surface area contributed by atoms with Gasteiger partial charge in [0.2, 0.25) is 0 Å². The van der Waals surface area contributed by atoms with Crippen LogP contribution in [0.3, 0.4) is 0 Å². The quantitative estimate of drug-likeness (QED) is 0.441. The van der Waals surface area contributed by atoms with Gasteiger partial charge in [0.05, 0.1) is 18.4 Å². The van der Waals surface area contributed by atoms with Crippen molar-refractivity contribution in [1.29, 1.82) is 0 Å². The molecule has 0 aliphatic heterocycles. The zero-order valence-corrected chi connectivity index (χ0v) is 18.0. The second kappa shape index (κ2) is 9.75. The summed E-state index contributed by atoms with van der Waals surface area (Å²) in [6.45, 7) is 3.57. The lowest BCUT2D eigenvalue weighted by molar-refractivity contribution is -0.118. The minimum Gasteiger partial charge on any atom is -0.493 e. The van der Waals surface area contributed by atoms with E-state index in [2.05, 4.69) is 10.4 Å². The molecule has 3 aromatic rings. The van der Waals surface area contributed by atoms with E-state index in [0.717, 1.165) is 16.8 Å². The lowest BCUT2D eigenvalue weighted by Crippen LogP contribution is -2.20. The van der Waals surface area contributed by atoms with Gasteiger partial charge in [0, 0.05) is 18.9 Å². The van der Waals surface area contributed by atoms with Gasteiger partial charge in [-0.15, -0.1) is 0 Å². The first-order chi connectivity index (χ1) is 14.9. The number of nitrogens with zero attached hydrogens (tertiary/aromatic N) is 2. The number of ketones is 1. The SMILES string of the molecule is COc1cc(/C=C/C(=O)c2cn(C)nc2C)ccc1OCC(=O)Nc1ccccc1C. The number of hydrogen-bond donors (Lipinski definition) is 1. The van der Waals surface area contributed by atoms with E-state index in [1.165, 1.54) is 13.2 Å². The maximum Gasteiger partial charge on any atom is 0.262 e. The number of benzene rings is 2. The van der Waals surface area contributed by atoms with Gasteiger partial charge >= 0.3 is 0 Å². The molecule has 160 valence electrons. The highest BCUT2D eigenvalue weighted by atomic mass is 16.5. The van der Waals surface area contributed by atoms with E-state index in [1.54, 1.807) is 49.1 Å². The predicted octanol–water partition coefficient (Wildman–Crippen LogP) is 3.96. The Kier molecular flexibility index (Phi) is 6.87. The summed E-state index contributed by atoms with van der Waals surface area (Å²) in [5.74, 6) is 0.514. The van der Waals surface area contributed by atoms with E-state index in [0.29, 0.717) is 22.8 Å². The summed E-state index contributed by atoms with van der Waals surface area (Å²) < 4.78 is 12.6. The molecule has 1 heterocycles. The molecule has 0 saturated carbocycles. The second-order valence-corrected chi connectivity index (χ2v) is 7.06. The molecule has 1 amide bonds. The van der Waals surface area contributed by atoms with E-state index in [-0.39, 0.29) is 18.3 Å². The van der Waals surface area contributed by atoms with Crippen molar-refractivity contribution in [3.05, 3.63) is 77.1 Å². The summed E-state index contributed by atoms with van der Waals surface area (Å²) in [6, 6.07) is 12.8. The Morgan fingerprint density at radius 1 is 1.13 bits per heavy atom. The van der Waals surface area contributed by atoms with Crippen LogP contribution in [-0.2, 0) is 11.8 Å². The van der Waals surface area contributed by atoms with Crippen molar-refractivity contribution in [1.82, 2.24) is 9.78 Å². The minimum absolute atomic E-state index is 0.127. The molecule has 31 heavy (non-hydrogen) atoms. The summed E-state index contributed by atoms with van der Waals surface area (Å²) in [7, 11) is 3.30. The van der Waals surface area contributed by atoms with Crippen molar-refractivity contribution in [3.8, 4) is 11.5 Å². The lowest BCUT2D eigenvalue weighted by atomic mass is 10.1. The van der Waals surface area contributed by atoms with Crippen LogP contribution >= 0.6 is 0 Å². The second-order valence-electron chi connectivity index (χ2n) is 7.06. The number of hydrogen-bond acceptors (Lipinski definition) is 5. The zero-order chi connectivity index (χ0) is 22.4. The molecular formula is C24H25N3O4. The molecule has 1 aromatic heterocycles. The average Bonchev–Trinajstić information content (AvgIpc) is 3.10. The van der Waals surface area contributed by atoms with Crippen molar-refractivity contribution in [2.75, 3.05) is 19.0 Å². The molecule has 0 aliphatic rings. The van der Waals surface area contributed by atoms with Crippen molar-refractivity contribution in [2.24, 2.45) is 7.05 Å². The Balaban J connectivity index is 1.64. The molecule has 2 aromatic carbocycles. The van der Waals surface area contributed by atoms with E-state index in [4.69, 9.17) is 9.47 Å². The number of carbonyl (C=O) groups excluding carboxylic acids is 2. The molecule has 0 atom stereocenters. The molecule has 7 heteroatoms. The van der Waals surface area contributed by atoms with E-state index >= 15 is 0 Å². The van der Waals surface area contributed by atoms with Gasteiger partial charge in [-0.3, -0.25) is 14.3 Å². The van der Waals surface area contributed by atoms with Crippen LogP contribution in [0.25, 0.3) is 6.08 Å². The Hall–Kier alpha value is -3.87. The fourth-order valence-electron chi connectivity index (χ4n) is 3.05. The number of para-hydroxylation sites is 1. The first-order valence-corrected chi connectivity index (χ1v) is 9.76. The van der Waals surface area contributed by atoms with Crippen LogP contribution in [0.2, 0.25) is 0 Å². The number of carbonyl (C=O) groups is 2. The van der Waals surface area contributed by atoms with E-state index in [1.807, 2.05) is 31.2 Å². The molecule has 0 fully saturated rings. The minimum atomic E-state index is -0.266. The van der Waals surface area contributed by atoms with Crippen LogP contribution in [0.15, 0.2) is 54.7 Å². The van der Waals surface area contributed by atoms with Crippen LogP contribution in [0.4, 0.5) is 5.69 Å². The third-order valence-corrected chi connectivity index (χ3v) is 4.67. The predicted molar refractivity (Wildman–Crippen MR) is 120 cm³/mol. The molecule has 1 N–H and O–H groups in total. The van der Waals surface area contributed by atoms with Gasteiger partial charge in [-0.2, -0.15) is 5.10 Å². The van der Waals surface area contributed by atoms with Gasteiger partial charge in [-0.05, 0) is 49.2 Å². The van der Waals surface area contributed by atoms with Crippen LogP contribution in [0, 0.1) is 13.8 Å². The maximum absolute atomic E-state index is 12.4. The lowest BCUT2D eigenvalue weighted by Gasteiger charge is -2.12. The smallest absolute Gasteiger partial charge is 0.262 e. The summed E-state index contributed by atoms with van der Waals surface area (Å²) in [4.78, 5) is 24.6. The number of anilines is 1. The molecular weight excluding hydrogens is 394 g/mol. The number of allylic oxidation sites excluding steroid dienone is 1. The van der Waals surface area contributed by atoms with Crippen molar-refractivity contribution < 1.29 is 19.1 Å². The van der Waals surface area contributed by atoms with Crippen LogP contribution in [0.5, 0.6) is 11.5 Å². The molecule has 0 spiro atoms. The highest BCUT2D eigenvalue weighted by molar-refractivity contribution is 6.07. The number of methoxy groups -OCH3 is 1. The first-order valence-electron chi connectivity index (χ1n) is 9.76. The van der Waals surface area contributed by atoms with E-state index in [9.17, 15) is 9.59 Å². The van der Waals surface area contributed by atoms with Crippen LogP contribution in [-0.4, -0.2) is 35.2 Å². The number of aromatic nitrogens is 2. The third-order valence-electron chi connectivity index (χ3n) is 4.67. The molecule has 3 rings (SSSR count). The molecule has 0 aliphatic carbocycles. The monoisotopic (exact) mass is 419 g/mol. The summed E-state index contributed by atoms with van der Waals surface area (Å²) >= 11 is 0. The number of aryl methyl sites for hydroxylation is 3. The van der Waals surface area contributed by atoms with Gasteiger partial charge in [-0.1, -0.05) is 30.3 Å². The van der Waals surface area contributed by atoms with Gasteiger partial charge in [0.25, 0.3) is 5.91 Å². The Morgan fingerprint density at radius 2 is 1.90 bits per heavy atom. The molecule has 0 radical (unpaired) electrons. The largest absolute Gasteiger partial charge is 0.493 e. The van der Waals surface area contributed by atoms with Gasteiger partial charge in [0.1, 0.15) is 0 Å². The first kappa shape index (κ1) is 21.8. The highest BCUT2D eigenvalue weighted by Gasteiger charge is 2.11.